The highest BCUT2D eigenvalue weighted by Crippen LogP contribution is 2.41. The van der Waals surface area contributed by atoms with Gasteiger partial charge in [-0.2, -0.15) is 0 Å². The van der Waals surface area contributed by atoms with Crippen LogP contribution in [0, 0.1) is 0 Å². The summed E-state index contributed by atoms with van der Waals surface area (Å²) in [7, 11) is 0. The highest BCUT2D eigenvalue weighted by Gasteiger charge is 2.45. The molecule has 1 fully saturated rings. The predicted octanol–water partition coefficient (Wildman–Crippen LogP) is 3.57. The molecule has 0 spiro atoms. The van der Waals surface area contributed by atoms with Crippen molar-refractivity contribution in [1.82, 2.24) is 4.90 Å². The van der Waals surface area contributed by atoms with Crippen LogP contribution in [-0.2, 0) is 9.53 Å². The number of Topliss-reactive ketones (excluding diaryl/α,β-unsaturated/α-hetero) is 1. The molecule has 1 saturated heterocycles. The maximum absolute atomic E-state index is 12.9. The van der Waals surface area contributed by atoms with Gasteiger partial charge in [-0.25, -0.2) is 0 Å². The fraction of sp³-hybridized carbons (Fsp3) is 0.333. The molecule has 4 heterocycles. The molecule has 0 bridgehead atoms. The van der Waals surface area contributed by atoms with Crippen molar-refractivity contribution in [3.05, 3.63) is 56.1 Å². The molecule has 2 aliphatic heterocycles. The van der Waals surface area contributed by atoms with Gasteiger partial charge in [-0.15, -0.1) is 22.7 Å². The van der Waals surface area contributed by atoms with Gasteiger partial charge in [0.2, 0.25) is 5.78 Å². The summed E-state index contributed by atoms with van der Waals surface area (Å²) in [5, 5.41) is 14.2. The number of aliphatic hydroxyl groups excluding tert-OH is 1. The third kappa shape index (κ3) is 2.92. The van der Waals surface area contributed by atoms with Gasteiger partial charge in [-0.05, 0) is 35.7 Å². The van der Waals surface area contributed by atoms with Gasteiger partial charge in [-0.3, -0.25) is 9.59 Å². The van der Waals surface area contributed by atoms with Crippen LogP contribution < -0.4 is 0 Å². The summed E-state index contributed by atoms with van der Waals surface area (Å²) in [6.07, 6.45) is 1.81. The van der Waals surface area contributed by atoms with Crippen LogP contribution >= 0.6 is 22.7 Å². The number of ether oxygens (including phenoxy) is 1. The Morgan fingerprint density at radius 1 is 1.28 bits per heavy atom. The van der Waals surface area contributed by atoms with E-state index in [0.717, 1.165) is 17.7 Å². The lowest BCUT2D eigenvalue weighted by Gasteiger charge is -2.27. The number of thiophene rings is 2. The number of hydrogen-bond donors (Lipinski definition) is 1. The summed E-state index contributed by atoms with van der Waals surface area (Å²) >= 11 is 2.78. The molecule has 0 aromatic carbocycles. The summed E-state index contributed by atoms with van der Waals surface area (Å²) in [4.78, 5) is 28.6. The molecule has 2 aromatic rings. The number of ketones is 1. The van der Waals surface area contributed by atoms with E-state index >= 15 is 0 Å². The lowest BCUT2D eigenvalue weighted by molar-refractivity contribution is -0.130. The SMILES string of the molecule is O=C(C1=C(O)C(=O)N(C[C@@H]2CCCO2)[C@H]1c1cccs1)c1cccs1. The van der Waals surface area contributed by atoms with Gasteiger partial charge in [0.05, 0.1) is 22.6 Å². The third-order valence-corrected chi connectivity index (χ3v) is 6.32. The average Bonchev–Trinajstić information content (AvgIpc) is 3.39. The van der Waals surface area contributed by atoms with E-state index in [0.29, 0.717) is 18.0 Å². The average molecular weight is 375 g/mol. The molecule has 0 saturated carbocycles. The van der Waals surface area contributed by atoms with E-state index in [1.807, 2.05) is 22.9 Å². The van der Waals surface area contributed by atoms with Crippen LogP contribution in [-0.4, -0.2) is 41.0 Å². The highest BCUT2D eigenvalue weighted by atomic mass is 32.1. The van der Waals surface area contributed by atoms with Gasteiger partial charge in [0, 0.05) is 18.0 Å². The molecule has 0 radical (unpaired) electrons. The van der Waals surface area contributed by atoms with E-state index in [1.165, 1.54) is 22.7 Å². The van der Waals surface area contributed by atoms with E-state index in [4.69, 9.17) is 4.74 Å². The summed E-state index contributed by atoms with van der Waals surface area (Å²) in [5.41, 5.74) is 0.174. The molecule has 5 nitrogen and oxygen atoms in total. The fourth-order valence-electron chi connectivity index (χ4n) is 3.36. The Kier molecular flexibility index (Phi) is 4.45. The molecular formula is C18H17NO4S2. The monoisotopic (exact) mass is 375 g/mol. The number of rotatable bonds is 5. The van der Waals surface area contributed by atoms with Crippen molar-refractivity contribution in [2.45, 2.75) is 25.0 Å². The predicted molar refractivity (Wildman–Crippen MR) is 96.1 cm³/mol. The van der Waals surface area contributed by atoms with Crippen molar-refractivity contribution in [2.75, 3.05) is 13.2 Å². The zero-order valence-electron chi connectivity index (χ0n) is 13.4. The van der Waals surface area contributed by atoms with Gasteiger partial charge in [-0.1, -0.05) is 12.1 Å². The smallest absolute Gasteiger partial charge is 0.290 e. The van der Waals surface area contributed by atoms with Gasteiger partial charge in [0.1, 0.15) is 0 Å². The topological polar surface area (TPSA) is 66.8 Å². The summed E-state index contributed by atoms with van der Waals surface area (Å²) in [5.74, 6) is -1.21. The normalized spacial score (nSPS) is 23.7. The van der Waals surface area contributed by atoms with E-state index in [1.54, 1.807) is 17.0 Å². The molecule has 2 aliphatic rings. The summed E-state index contributed by atoms with van der Waals surface area (Å²) in [6.45, 7) is 1.07. The fourth-order valence-corrected chi connectivity index (χ4v) is 4.89. The third-order valence-electron chi connectivity index (χ3n) is 4.53. The first kappa shape index (κ1) is 16.5. The molecule has 130 valence electrons. The van der Waals surface area contributed by atoms with Crippen LogP contribution in [0.4, 0.5) is 0 Å². The van der Waals surface area contributed by atoms with Crippen LogP contribution in [0.5, 0.6) is 0 Å². The minimum Gasteiger partial charge on any atom is -0.503 e. The van der Waals surface area contributed by atoms with Crippen LogP contribution in [0.1, 0.15) is 33.4 Å². The number of nitrogens with zero attached hydrogens (tertiary/aromatic N) is 1. The highest BCUT2D eigenvalue weighted by molar-refractivity contribution is 7.12. The second-order valence-electron chi connectivity index (χ2n) is 6.08. The van der Waals surface area contributed by atoms with Gasteiger partial charge >= 0.3 is 0 Å². The first-order valence-electron chi connectivity index (χ1n) is 8.14. The standard InChI is InChI=1S/C18H17NO4S2/c20-16(13-6-3-9-25-13)14-15(12-5-2-8-24-12)19(18(22)17(14)21)10-11-4-1-7-23-11/h2-3,5-6,8-9,11,15,21H,1,4,7,10H2/t11-,15-/m0/s1. The molecule has 7 heteroatoms. The van der Waals surface area contributed by atoms with Crippen molar-refractivity contribution in [3.8, 4) is 0 Å². The van der Waals surface area contributed by atoms with E-state index < -0.39 is 17.7 Å². The van der Waals surface area contributed by atoms with Crippen molar-refractivity contribution in [1.29, 1.82) is 0 Å². The lowest BCUT2D eigenvalue weighted by atomic mass is 10.0. The minimum atomic E-state index is -0.550. The molecule has 0 aliphatic carbocycles. The maximum atomic E-state index is 12.9. The Labute approximate surface area is 153 Å². The first-order valence-corrected chi connectivity index (χ1v) is 9.90. The van der Waals surface area contributed by atoms with Crippen LogP contribution in [0.15, 0.2) is 46.4 Å². The van der Waals surface area contributed by atoms with Crippen LogP contribution in [0.25, 0.3) is 0 Å². The number of carbonyl (C=O) groups excluding carboxylic acids is 2. The molecular weight excluding hydrogens is 358 g/mol. The van der Waals surface area contributed by atoms with E-state index in [-0.39, 0.29) is 17.5 Å². The van der Waals surface area contributed by atoms with Crippen LogP contribution in [0.2, 0.25) is 0 Å². The molecule has 2 aromatic heterocycles. The molecule has 2 atom stereocenters. The molecule has 0 unspecified atom stereocenters. The number of hydrogen-bond acceptors (Lipinski definition) is 6. The van der Waals surface area contributed by atoms with Gasteiger partial charge in [0.15, 0.2) is 5.76 Å². The Hall–Kier alpha value is -1.96. The number of carbonyl (C=O) groups is 2. The second kappa shape index (κ2) is 6.74. The Morgan fingerprint density at radius 3 is 2.72 bits per heavy atom. The lowest BCUT2D eigenvalue weighted by Crippen LogP contribution is -2.37. The zero-order chi connectivity index (χ0) is 17.4. The van der Waals surface area contributed by atoms with Gasteiger partial charge < -0.3 is 14.7 Å². The first-order chi connectivity index (χ1) is 12.2. The van der Waals surface area contributed by atoms with Crippen LogP contribution in [0.3, 0.4) is 0 Å². The van der Waals surface area contributed by atoms with Gasteiger partial charge in [0.25, 0.3) is 5.91 Å². The zero-order valence-corrected chi connectivity index (χ0v) is 15.0. The molecule has 1 N–H and O–H groups in total. The molecule has 1 amide bonds. The number of aliphatic hydroxyl groups is 1. The largest absolute Gasteiger partial charge is 0.503 e. The van der Waals surface area contributed by atoms with Crippen molar-refractivity contribution >= 4 is 34.4 Å². The molecule has 25 heavy (non-hydrogen) atoms. The Balaban J connectivity index is 1.72. The van der Waals surface area contributed by atoms with Crippen molar-refractivity contribution < 1.29 is 19.4 Å². The van der Waals surface area contributed by atoms with Crippen molar-refractivity contribution in [3.63, 3.8) is 0 Å². The number of amides is 1. The summed E-state index contributed by atoms with van der Waals surface area (Å²) < 4.78 is 5.66. The summed E-state index contributed by atoms with van der Waals surface area (Å²) in [6, 6.07) is 6.73. The second-order valence-corrected chi connectivity index (χ2v) is 8.01. The van der Waals surface area contributed by atoms with E-state index in [2.05, 4.69) is 0 Å². The maximum Gasteiger partial charge on any atom is 0.290 e. The molecule has 4 rings (SSSR count). The minimum absolute atomic E-state index is 0.0459. The Morgan fingerprint density at radius 2 is 2.08 bits per heavy atom. The van der Waals surface area contributed by atoms with E-state index in [9.17, 15) is 14.7 Å². The van der Waals surface area contributed by atoms with Crippen molar-refractivity contribution in [2.24, 2.45) is 0 Å². The quantitative estimate of drug-likeness (QED) is 0.812. The Bertz CT molecular complexity index is 804.